The molecule has 3 N–H and O–H groups in total. The number of hydrogen-bond donors (Lipinski definition) is 3. The standard InChI is InChI=1S/2C4H6O2.C3H4O2.C2H3F3/c2*1-3(2)4(5)6;1-2-3(4)5;1-2(3,4)5/h2*1H2,2H3,(H,5,6);2H,1H2,(H,4,5);1H3. The Morgan fingerprint density at radius 3 is 1.00 bits per heavy atom. The van der Waals surface area contributed by atoms with Gasteiger partial charge in [-0.2, -0.15) is 13.2 Å². The van der Waals surface area contributed by atoms with Crippen molar-refractivity contribution in [1.29, 1.82) is 0 Å². The molecule has 0 bridgehead atoms. The predicted octanol–water partition coefficient (Wildman–Crippen LogP) is 3.12. The predicted molar refractivity (Wildman–Crippen MR) is 74.5 cm³/mol. The molecule has 0 aliphatic carbocycles. The van der Waals surface area contributed by atoms with E-state index in [-0.39, 0.29) is 18.1 Å². The molecule has 0 spiro atoms. The Morgan fingerprint density at radius 1 is 0.909 bits per heavy atom. The van der Waals surface area contributed by atoms with Gasteiger partial charge >= 0.3 is 24.1 Å². The summed E-state index contributed by atoms with van der Waals surface area (Å²) < 4.78 is 31.1. The topological polar surface area (TPSA) is 112 Å². The fourth-order valence-corrected chi connectivity index (χ4v) is 0. The highest BCUT2D eigenvalue weighted by Crippen LogP contribution is 2.10. The number of alkyl halides is 3. The summed E-state index contributed by atoms with van der Waals surface area (Å²) in [5.74, 6) is -2.85. The van der Waals surface area contributed by atoms with Crippen LogP contribution in [-0.2, 0) is 14.4 Å². The largest absolute Gasteiger partial charge is 0.478 e. The van der Waals surface area contributed by atoms with E-state index in [0.29, 0.717) is 0 Å². The zero-order chi connectivity index (χ0) is 19.1. The third kappa shape index (κ3) is 85.3. The smallest absolute Gasteiger partial charge is 0.386 e. The normalized spacial score (nSPS) is 8.27. The maximum Gasteiger partial charge on any atom is 0.386 e. The second-order valence-corrected chi connectivity index (χ2v) is 3.49. The van der Waals surface area contributed by atoms with Crippen LogP contribution >= 0.6 is 0 Å². The van der Waals surface area contributed by atoms with Crippen molar-refractivity contribution in [2.45, 2.75) is 26.9 Å². The van der Waals surface area contributed by atoms with Gasteiger partial charge in [-0.1, -0.05) is 19.7 Å². The van der Waals surface area contributed by atoms with Crippen LogP contribution in [0.15, 0.2) is 37.0 Å². The Hall–Kier alpha value is -2.58. The van der Waals surface area contributed by atoms with E-state index in [1.54, 1.807) is 0 Å². The SMILES string of the molecule is C=C(C)C(=O)O.C=C(C)C(=O)O.C=CC(=O)O.CC(F)(F)F. The zero-order valence-corrected chi connectivity index (χ0v) is 12.4. The van der Waals surface area contributed by atoms with Gasteiger partial charge in [0.1, 0.15) is 0 Å². The van der Waals surface area contributed by atoms with Crippen molar-refractivity contribution in [1.82, 2.24) is 0 Å². The van der Waals surface area contributed by atoms with Crippen LogP contribution in [0.2, 0.25) is 0 Å². The molecule has 0 aromatic rings. The van der Waals surface area contributed by atoms with Crippen molar-refractivity contribution < 1.29 is 42.9 Å². The van der Waals surface area contributed by atoms with Gasteiger partial charge in [0, 0.05) is 24.1 Å². The Morgan fingerprint density at radius 2 is 1.00 bits per heavy atom. The molecule has 0 aromatic carbocycles. The van der Waals surface area contributed by atoms with E-state index in [0.717, 1.165) is 6.08 Å². The summed E-state index contributed by atoms with van der Waals surface area (Å²) in [7, 11) is 0. The van der Waals surface area contributed by atoms with Crippen molar-refractivity contribution in [2.24, 2.45) is 0 Å². The lowest BCUT2D eigenvalue weighted by atomic mass is 10.4. The van der Waals surface area contributed by atoms with Gasteiger partial charge in [0.05, 0.1) is 0 Å². The average Bonchev–Trinajstić information content (AvgIpc) is 2.27. The van der Waals surface area contributed by atoms with Gasteiger partial charge in [-0.25, -0.2) is 14.4 Å². The Balaban J connectivity index is -0.0000000986. The molecule has 22 heavy (non-hydrogen) atoms. The van der Waals surface area contributed by atoms with Crippen molar-refractivity contribution in [3.05, 3.63) is 37.0 Å². The molecule has 0 radical (unpaired) electrons. The molecule has 0 aromatic heterocycles. The Kier molecular flexibility index (Phi) is 18.7. The van der Waals surface area contributed by atoms with Crippen LogP contribution in [0.4, 0.5) is 13.2 Å². The highest BCUT2D eigenvalue weighted by Gasteiger charge is 2.15. The maximum atomic E-state index is 10.4. The Bertz CT molecular complexity index is 356. The molecule has 0 saturated carbocycles. The summed E-state index contributed by atoms with van der Waals surface area (Å²) >= 11 is 0. The van der Waals surface area contributed by atoms with Crippen molar-refractivity contribution in [3.63, 3.8) is 0 Å². The fourth-order valence-electron chi connectivity index (χ4n) is 0. The number of halogens is 3. The molecule has 0 amide bonds. The van der Waals surface area contributed by atoms with Gasteiger partial charge in [0.15, 0.2) is 0 Å². The van der Waals surface area contributed by atoms with Crippen molar-refractivity contribution in [3.8, 4) is 0 Å². The van der Waals surface area contributed by atoms with Crippen molar-refractivity contribution in [2.75, 3.05) is 0 Å². The van der Waals surface area contributed by atoms with Gasteiger partial charge in [0.25, 0.3) is 0 Å². The molecule has 128 valence electrons. The summed E-state index contributed by atoms with van der Waals surface area (Å²) in [5.41, 5.74) is 0.352. The van der Waals surface area contributed by atoms with E-state index in [9.17, 15) is 27.6 Å². The minimum Gasteiger partial charge on any atom is -0.478 e. The number of hydrogen-bond acceptors (Lipinski definition) is 3. The number of rotatable bonds is 3. The molecule has 0 aliphatic rings. The molecule has 0 unspecified atom stereocenters. The van der Waals surface area contributed by atoms with Gasteiger partial charge in [-0.15, -0.1) is 0 Å². The molecule has 0 heterocycles. The summed E-state index contributed by atoms with van der Waals surface area (Å²) in [4.78, 5) is 28.4. The monoisotopic (exact) mass is 328 g/mol. The van der Waals surface area contributed by atoms with Crippen molar-refractivity contribution >= 4 is 17.9 Å². The van der Waals surface area contributed by atoms with E-state index < -0.39 is 24.1 Å². The summed E-state index contributed by atoms with van der Waals surface area (Å²) in [5, 5.41) is 23.4. The van der Waals surface area contributed by atoms with E-state index in [1.165, 1.54) is 13.8 Å². The number of carbonyl (C=O) groups is 3. The lowest BCUT2D eigenvalue weighted by Gasteiger charge is -1.88. The molecule has 0 fully saturated rings. The average molecular weight is 328 g/mol. The van der Waals surface area contributed by atoms with E-state index in [1.807, 2.05) is 0 Å². The number of carboxylic acid groups (broad SMARTS) is 3. The third-order valence-electron chi connectivity index (χ3n) is 0.905. The number of aliphatic carboxylic acids is 3. The minimum absolute atomic E-state index is 0.176. The maximum absolute atomic E-state index is 10.4. The van der Waals surface area contributed by atoms with E-state index in [2.05, 4.69) is 19.7 Å². The molecule has 9 heteroatoms. The van der Waals surface area contributed by atoms with E-state index >= 15 is 0 Å². The van der Waals surface area contributed by atoms with Crippen LogP contribution in [0.3, 0.4) is 0 Å². The van der Waals surface area contributed by atoms with E-state index in [4.69, 9.17) is 15.3 Å². The molecule has 0 rings (SSSR count). The summed E-state index contributed by atoms with van der Waals surface area (Å²) in [6, 6.07) is 0. The highest BCUT2D eigenvalue weighted by molar-refractivity contribution is 5.85. The van der Waals surface area contributed by atoms with Gasteiger partial charge in [-0.05, 0) is 13.8 Å². The quantitative estimate of drug-likeness (QED) is 0.686. The summed E-state index contributed by atoms with van der Waals surface area (Å²) in [6.45, 7) is 12.4. The molecule has 6 nitrogen and oxygen atoms in total. The van der Waals surface area contributed by atoms with Crippen LogP contribution < -0.4 is 0 Å². The second kappa shape index (κ2) is 14.8. The lowest BCUT2D eigenvalue weighted by molar-refractivity contribution is -0.133. The van der Waals surface area contributed by atoms with Gasteiger partial charge in [-0.3, -0.25) is 0 Å². The number of carboxylic acids is 3. The van der Waals surface area contributed by atoms with Crippen LogP contribution in [0.5, 0.6) is 0 Å². The molecular weight excluding hydrogens is 309 g/mol. The fraction of sp³-hybridized carbons (Fsp3) is 0.308. The van der Waals surface area contributed by atoms with Gasteiger partial charge < -0.3 is 15.3 Å². The first-order chi connectivity index (χ1) is 9.56. The minimum atomic E-state index is -4.00. The second-order valence-electron chi connectivity index (χ2n) is 3.49. The summed E-state index contributed by atoms with van der Waals surface area (Å²) in [6.07, 6.45) is -3.17. The van der Waals surface area contributed by atoms with Crippen LogP contribution in [-0.4, -0.2) is 39.4 Å². The third-order valence-corrected chi connectivity index (χ3v) is 0.905. The molecule has 0 saturated heterocycles. The zero-order valence-electron chi connectivity index (χ0n) is 12.4. The first-order valence-corrected chi connectivity index (χ1v) is 5.25. The molecule has 0 atom stereocenters. The van der Waals surface area contributed by atoms with Crippen LogP contribution in [0.1, 0.15) is 20.8 Å². The molecule has 0 aliphatic heterocycles. The molecular formula is C13H19F3O6. The lowest BCUT2D eigenvalue weighted by Crippen LogP contribution is -1.95. The first-order valence-electron chi connectivity index (χ1n) is 5.25. The van der Waals surface area contributed by atoms with Crippen LogP contribution in [0, 0.1) is 0 Å². The van der Waals surface area contributed by atoms with Gasteiger partial charge in [0.2, 0.25) is 0 Å². The highest BCUT2D eigenvalue weighted by atomic mass is 19.4. The van der Waals surface area contributed by atoms with Crippen LogP contribution in [0.25, 0.3) is 0 Å². The first kappa shape index (κ1) is 27.7. The Labute approximate surface area is 125 Å².